The van der Waals surface area contributed by atoms with Crippen LogP contribution >= 0.6 is 0 Å². The molecule has 0 spiro atoms. The predicted molar refractivity (Wildman–Crippen MR) is 92.9 cm³/mol. The molecule has 3 aromatic heterocycles. The standard InChI is InChI=1S/C18H20N6O2/c1-12-17(13(2)26-22-12)18-20-6-5-14(21-18)15-4-3-8-24(15)16(25)10-23-9-7-19-11-23/h5-7,9,11,15H,3-4,8,10H2,1-2H3. The van der Waals surface area contributed by atoms with Gasteiger partial charge in [-0.15, -0.1) is 0 Å². The second-order valence-corrected chi connectivity index (χ2v) is 6.48. The molecule has 1 saturated heterocycles. The van der Waals surface area contributed by atoms with Crippen LogP contribution in [0.2, 0.25) is 0 Å². The van der Waals surface area contributed by atoms with Crippen LogP contribution in [0.25, 0.3) is 11.4 Å². The molecule has 8 nitrogen and oxygen atoms in total. The van der Waals surface area contributed by atoms with Gasteiger partial charge in [0, 0.05) is 25.1 Å². The second kappa shape index (κ2) is 6.70. The van der Waals surface area contributed by atoms with E-state index in [-0.39, 0.29) is 18.5 Å². The zero-order valence-corrected chi connectivity index (χ0v) is 14.8. The van der Waals surface area contributed by atoms with Gasteiger partial charge < -0.3 is 14.0 Å². The van der Waals surface area contributed by atoms with Gasteiger partial charge in [-0.25, -0.2) is 15.0 Å². The van der Waals surface area contributed by atoms with Crippen LogP contribution in [0.5, 0.6) is 0 Å². The summed E-state index contributed by atoms with van der Waals surface area (Å²) in [7, 11) is 0. The number of hydrogen-bond donors (Lipinski definition) is 0. The highest BCUT2D eigenvalue weighted by Crippen LogP contribution is 2.32. The topological polar surface area (TPSA) is 89.9 Å². The van der Waals surface area contributed by atoms with Gasteiger partial charge in [-0.3, -0.25) is 4.79 Å². The van der Waals surface area contributed by atoms with Gasteiger partial charge in [-0.1, -0.05) is 5.16 Å². The largest absolute Gasteiger partial charge is 0.361 e. The molecule has 1 unspecified atom stereocenters. The van der Waals surface area contributed by atoms with Gasteiger partial charge in [0.2, 0.25) is 5.91 Å². The van der Waals surface area contributed by atoms with E-state index in [4.69, 9.17) is 9.51 Å². The van der Waals surface area contributed by atoms with E-state index < -0.39 is 0 Å². The van der Waals surface area contributed by atoms with Gasteiger partial charge in [0.1, 0.15) is 12.3 Å². The summed E-state index contributed by atoms with van der Waals surface area (Å²) < 4.78 is 7.01. The number of aryl methyl sites for hydroxylation is 2. The normalized spacial score (nSPS) is 17.0. The van der Waals surface area contributed by atoms with Gasteiger partial charge in [0.05, 0.1) is 29.3 Å². The third-order valence-electron chi connectivity index (χ3n) is 4.73. The third-order valence-corrected chi connectivity index (χ3v) is 4.73. The number of aromatic nitrogens is 5. The van der Waals surface area contributed by atoms with Gasteiger partial charge in [0.25, 0.3) is 0 Å². The molecule has 0 saturated carbocycles. The quantitative estimate of drug-likeness (QED) is 0.716. The SMILES string of the molecule is Cc1noc(C)c1-c1nccc(C2CCCN2C(=O)Cn2ccnc2)n1. The monoisotopic (exact) mass is 352 g/mol. The first-order chi connectivity index (χ1) is 12.6. The fourth-order valence-electron chi connectivity index (χ4n) is 3.48. The zero-order valence-electron chi connectivity index (χ0n) is 14.8. The molecule has 1 fully saturated rings. The highest BCUT2D eigenvalue weighted by atomic mass is 16.5. The van der Waals surface area contributed by atoms with Crippen molar-refractivity contribution < 1.29 is 9.32 Å². The van der Waals surface area contributed by atoms with E-state index in [9.17, 15) is 4.79 Å². The summed E-state index contributed by atoms with van der Waals surface area (Å²) in [4.78, 5) is 27.7. The summed E-state index contributed by atoms with van der Waals surface area (Å²) in [6.07, 6.45) is 8.72. The van der Waals surface area contributed by atoms with Gasteiger partial charge in [-0.2, -0.15) is 0 Å². The lowest BCUT2D eigenvalue weighted by Gasteiger charge is -2.24. The first kappa shape index (κ1) is 16.4. The van der Waals surface area contributed by atoms with Gasteiger partial charge in [0.15, 0.2) is 5.82 Å². The lowest BCUT2D eigenvalue weighted by Crippen LogP contribution is -2.33. The van der Waals surface area contributed by atoms with E-state index in [0.717, 1.165) is 36.3 Å². The molecule has 134 valence electrons. The molecule has 0 bridgehead atoms. The Morgan fingerprint density at radius 3 is 2.96 bits per heavy atom. The predicted octanol–water partition coefficient (Wildman–Crippen LogP) is 2.31. The van der Waals surface area contributed by atoms with E-state index in [1.165, 1.54) is 0 Å². The number of nitrogens with zero attached hydrogens (tertiary/aromatic N) is 6. The van der Waals surface area contributed by atoms with Crippen LogP contribution < -0.4 is 0 Å². The first-order valence-corrected chi connectivity index (χ1v) is 8.65. The van der Waals surface area contributed by atoms with Crippen LogP contribution in [0.4, 0.5) is 0 Å². The Morgan fingerprint density at radius 2 is 2.23 bits per heavy atom. The molecule has 26 heavy (non-hydrogen) atoms. The Balaban J connectivity index is 1.60. The average Bonchev–Trinajstić information content (AvgIpc) is 3.37. The fraction of sp³-hybridized carbons (Fsp3) is 0.389. The number of carbonyl (C=O) groups excluding carboxylic acids is 1. The minimum absolute atomic E-state index is 0.0340. The molecule has 1 amide bonds. The van der Waals surface area contributed by atoms with Crippen molar-refractivity contribution in [1.82, 2.24) is 29.6 Å². The van der Waals surface area contributed by atoms with E-state index in [2.05, 4.69) is 15.1 Å². The lowest BCUT2D eigenvalue weighted by atomic mass is 10.1. The maximum atomic E-state index is 12.7. The Bertz CT molecular complexity index is 898. The summed E-state index contributed by atoms with van der Waals surface area (Å²) in [5.74, 6) is 1.36. The maximum Gasteiger partial charge on any atom is 0.243 e. The van der Waals surface area contributed by atoms with Crippen LogP contribution in [0.15, 0.2) is 35.5 Å². The molecule has 1 aliphatic rings. The molecule has 8 heteroatoms. The van der Waals surface area contributed by atoms with Crippen molar-refractivity contribution in [1.29, 1.82) is 0 Å². The molecule has 0 aromatic carbocycles. The second-order valence-electron chi connectivity index (χ2n) is 6.48. The lowest BCUT2D eigenvalue weighted by molar-refractivity contribution is -0.132. The summed E-state index contributed by atoms with van der Waals surface area (Å²) in [6, 6.07) is 1.85. The Labute approximate surface area is 150 Å². The molecule has 4 heterocycles. The number of imidazole rings is 1. The molecule has 0 N–H and O–H groups in total. The minimum Gasteiger partial charge on any atom is -0.361 e. The van der Waals surface area contributed by atoms with Crippen molar-refractivity contribution in [2.24, 2.45) is 0 Å². The highest BCUT2D eigenvalue weighted by molar-refractivity contribution is 5.76. The van der Waals surface area contributed by atoms with Crippen LogP contribution in [-0.2, 0) is 11.3 Å². The van der Waals surface area contributed by atoms with Crippen molar-refractivity contribution in [3.63, 3.8) is 0 Å². The highest BCUT2D eigenvalue weighted by Gasteiger charge is 2.31. The number of rotatable bonds is 4. The molecular formula is C18H20N6O2. The van der Waals surface area contributed by atoms with Gasteiger partial charge in [-0.05, 0) is 32.8 Å². The maximum absolute atomic E-state index is 12.7. The molecule has 0 aliphatic carbocycles. The van der Waals surface area contributed by atoms with Crippen LogP contribution in [-0.4, -0.2) is 42.0 Å². The molecule has 0 radical (unpaired) electrons. The van der Waals surface area contributed by atoms with Crippen molar-refractivity contribution >= 4 is 5.91 Å². The fourth-order valence-corrected chi connectivity index (χ4v) is 3.48. The summed E-state index contributed by atoms with van der Waals surface area (Å²) in [5, 5.41) is 3.98. The van der Waals surface area contributed by atoms with Crippen molar-refractivity contribution in [3.8, 4) is 11.4 Å². The third kappa shape index (κ3) is 2.98. The number of amides is 1. The van der Waals surface area contributed by atoms with Crippen LogP contribution in [0.3, 0.4) is 0 Å². The van der Waals surface area contributed by atoms with Crippen LogP contribution in [0.1, 0.15) is 36.0 Å². The van der Waals surface area contributed by atoms with Crippen molar-refractivity contribution in [2.45, 2.75) is 39.3 Å². The van der Waals surface area contributed by atoms with Crippen LogP contribution in [0, 0.1) is 13.8 Å². The summed E-state index contributed by atoms with van der Waals surface area (Å²) >= 11 is 0. The first-order valence-electron chi connectivity index (χ1n) is 8.65. The number of hydrogen-bond acceptors (Lipinski definition) is 6. The molecular weight excluding hydrogens is 332 g/mol. The minimum atomic E-state index is -0.0340. The smallest absolute Gasteiger partial charge is 0.243 e. The average molecular weight is 352 g/mol. The van der Waals surface area contributed by atoms with E-state index in [0.29, 0.717) is 11.6 Å². The molecule has 4 rings (SSSR count). The Morgan fingerprint density at radius 1 is 1.35 bits per heavy atom. The zero-order chi connectivity index (χ0) is 18.1. The number of carbonyl (C=O) groups is 1. The van der Waals surface area contributed by atoms with Crippen molar-refractivity contribution in [3.05, 3.63) is 48.1 Å². The van der Waals surface area contributed by atoms with E-state index >= 15 is 0 Å². The Hall–Kier alpha value is -3.03. The van der Waals surface area contributed by atoms with E-state index in [1.54, 1.807) is 29.5 Å². The molecule has 1 atom stereocenters. The van der Waals surface area contributed by atoms with Crippen molar-refractivity contribution in [2.75, 3.05) is 6.54 Å². The summed E-state index contributed by atoms with van der Waals surface area (Å²) in [5.41, 5.74) is 2.44. The number of likely N-dealkylation sites (tertiary alicyclic amines) is 1. The van der Waals surface area contributed by atoms with E-state index in [1.807, 2.05) is 24.8 Å². The molecule has 1 aliphatic heterocycles. The Kier molecular flexibility index (Phi) is 4.24. The molecule has 3 aromatic rings. The summed E-state index contributed by atoms with van der Waals surface area (Å²) in [6.45, 7) is 4.75. The van der Waals surface area contributed by atoms with Gasteiger partial charge >= 0.3 is 0 Å².